The average molecular weight is 401 g/mol. The van der Waals surface area contributed by atoms with Crippen molar-refractivity contribution in [3.8, 4) is 33.9 Å². The van der Waals surface area contributed by atoms with Gasteiger partial charge < -0.3 is 14.6 Å². The first-order valence-electron chi connectivity index (χ1n) is 9.34. The summed E-state index contributed by atoms with van der Waals surface area (Å²) in [6.45, 7) is 0. The summed E-state index contributed by atoms with van der Waals surface area (Å²) in [6, 6.07) is 13.9. The molecule has 0 atom stereocenters. The van der Waals surface area contributed by atoms with Gasteiger partial charge in [-0.05, 0) is 41.4 Å². The number of aromatic nitrogens is 1. The molecule has 31 heavy (non-hydrogen) atoms. The number of nitrogens with zero attached hydrogens (tertiary/aromatic N) is 1. The molecule has 142 valence electrons. The minimum Gasteiger partial charge on any atom is -0.505 e. The SMILES string of the molecule is [B]c1c([B])c(-c2c(F)ccc3c2oc2c(-c4ccccn4)cccc23)c([B])c(O)c1O. The van der Waals surface area contributed by atoms with E-state index in [2.05, 4.69) is 4.98 Å². The Kier molecular flexibility index (Phi) is 4.33. The minimum absolute atomic E-state index is 0.0469. The van der Waals surface area contributed by atoms with Crippen LogP contribution in [0.5, 0.6) is 11.5 Å². The molecule has 0 amide bonds. The van der Waals surface area contributed by atoms with Gasteiger partial charge in [-0.1, -0.05) is 29.1 Å². The second kappa shape index (κ2) is 6.94. The third kappa shape index (κ3) is 2.75. The van der Waals surface area contributed by atoms with Gasteiger partial charge >= 0.3 is 0 Å². The van der Waals surface area contributed by atoms with Crippen molar-refractivity contribution in [1.82, 2.24) is 4.98 Å². The van der Waals surface area contributed by atoms with Gasteiger partial charge in [0.1, 0.15) is 52.0 Å². The molecule has 0 bridgehead atoms. The fourth-order valence-corrected chi connectivity index (χ4v) is 3.84. The maximum absolute atomic E-state index is 15.1. The van der Waals surface area contributed by atoms with Crippen LogP contribution >= 0.6 is 0 Å². The number of halogens is 1. The van der Waals surface area contributed by atoms with Gasteiger partial charge in [-0.25, -0.2) is 4.39 Å². The summed E-state index contributed by atoms with van der Waals surface area (Å²) in [5, 5.41) is 21.5. The number of rotatable bonds is 2. The van der Waals surface area contributed by atoms with E-state index in [-0.39, 0.29) is 33.1 Å². The number of aromatic hydroxyl groups is 2. The Hall–Kier alpha value is -3.67. The summed E-state index contributed by atoms with van der Waals surface area (Å²) < 4.78 is 21.3. The molecular weight excluding hydrogens is 390 g/mol. The molecule has 8 heteroatoms. The lowest BCUT2D eigenvalue weighted by Crippen LogP contribution is -2.34. The molecule has 0 aliphatic carbocycles. The Balaban J connectivity index is 1.92. The molecule has 4 nitrogen and oxygen atoms in total. The van der Waals surface area contributed by atoms with Crippen LogP contribution in [-0.2, 0) is 0 Å². The maximum atomic E-state index is 15.1. The van der Waals surface area contributed by atoms with Crippen molar-refractivity contribution in [2.75, 3.05) is 0 Å². The zero-order chi connectivity index (χ0) is 21.9. The number of fused-ring (bicyclic) bond motifs is 3. The van der Waals surface area contributed by atoms with E-state index in [0.717, 1.165) is 10.9 Å². The van der Waals surface area contributed by atoms with Crippen molar-refractivity contribution in [2.45, 2.75) is 0 Å². The molecule has 0 fully saturated rings. The Morgan fingerprint density at radius 3 is 2.23 bits per heavy atom. The monoisotopic (exact) mass is 401 g/mol. The van der Waals surface area contributed by atoms with Gasteiger partial charge in [0.2, 0.25) is 0 Å². The molecule has 6 radical (unpaired) electrons. The van der Waals surface area contributed by atoms with E-state index in [1.165, 1.54) is 6.07 Å². The van der Waals surface area contributed by atoms with Crippen LogP contribution in [0.1, 0.15) is 0 Å². The molecule has 0 unspecified atom stereocenters. The maximum Gasteiger partial charge on any atom is 0.150 e. The highest BCUT2D eigenvalue weighted by Crippen LogP contribution is 2.40. The summed E-state index contributed by atoms with van der Waals surface area (Å²) in [5.41, 5.74) is 1.24. The van der Waals surface area contributed by atoms with Crippen LogP contribution in [0, 0.1) is 5.82 Å². The van der Waals surface area contributed by atoms with E-state index in [1.807, 2.05) is 36.4 Å². The lowest BCUT2D eigenvalue weighted by molar-refractivity contribution is 0.410. The van der Waals surface area contributed by atoms with Crippen LogP contribution in [0.4, 0.5) is 4.39 Å². The molecule has 0 saturated heterocycles. The summed E-state index contributed by atoms with van der Waals surface area (Å²) in [5.74, 6) is -2.01. The second-order valence-electron chi connectivity index (χ2n) is 7.11. The first-order chi connectivity index (χ1) is 14.9. The van der Waals surface area contributed by atoms with Crippen molar-refractivity contribution >= 4 is 61.9 Å². The lowest BCUT2D eigenvalue weighted by atomic mass is 9.70. The van der Waals surface area contributed by atoms with E-state index < -0.39 is 17.3 Å². The second-order valence-corrected chi connectivity index (χ2v) is 7.11. The quantitative estimate of drug-likeness (QED) is 0.352. The van der Waals surface area contributed by atoms with Gasteiger partial charge in [0.25, 0.3) is 0 Å². The van der Waals surface area contributed by atoms with E-state index in [1.54, 1.807) is 12.3 Å². The van der Waals surface area contributed by atoms with Crippen molar-refractivity contribution in [2.24, 2.45) is 0 Å². The number of phenols is 2. The van der Waals surface area contributed by atoms with Crippen molar-refractivity contribution in [1.29, 1.82) is 0 Å². The first kappa shape index (κ1) is 19.3. The molecular formula is C23H11B3FNO3. The number of benzene rings is 3. The number of hydrogen-bond acceptors (Lipinski definition) is 4. The molecule has 2 N–H and O–H groups in total. The van der Waals surface area contributed by atoms with Gasteiger partial charge in [-0.15, -0.1) is 0 Å². The smallest absolute Gasteiger partial charge is 0.150 e. The van der Waals surface area contributed by atoms with Gasteiger partial charge in [0.05, 0.1) is 11.3 Å². The zero-order valence-electron chi connectivity index (χ0n) is 16.1. The summed E-state index contributed by atoms with van der Waals surface area (Å²) in [7, 11) is 17.9. The molecule has 2 heterocycles. The highest BCUT2D eigenvalue weighted by molar-refractivity contribution is 6.56. The Bertz CT molecular complexity index is 1470. The average Bonchev–Trinajstić information content (AvgIpc) is 3.17. The third-order valence-electron chi connectivity index (χ3n) is 5.37. The molecule has 0 aliphatic heterocycles. The van der Waals surface area contributed by atoms with Crippen molar-refractivity contribution in [3.05, 3.63) is 60.5 Å². The predicted molar refractivity (Wildman–Crippen MR) is 122 cm³/mol. The molecule has 5 aromatic rings. The van der Waals surface area contributed by atoms with Crippen molar-refractivity contribution in [3.63, 3.8) is 0 Å². The summed E-state index contributed by atoms with van der Waals surface area (Å²) >= 11 is 0. The standard InChI is InChI=1S/C23H11B3FNO3/c24-17-16(18(25)20(29)21(30)19(17)26)15-13(27)8-7-11-10-4-3-5-12(22(10)31-23(11)15)14-6-1-2-9-28-14/h1-9,29-30H. The van der Waals surface area contributed by atoms with Crippen LogP contribution in [0.2, 0.25) is 0 Å². The van der Waals surface area contributed by atoms with Gasteiger partial charge in [-0.3, -0.25) is 4.98 Å². The van der Waals surface area contributed by atoms with Gasteiger partial charge in [0, 0.05) is 22.5 Å². The molecule has 5 rings (SSSR count). The van der Waals surface area contributed by atoms with Gasteiger partial charge in [-0.2, -0.15) is 0 Å². The number of furan rings is 1. The number of para-hydroxylation sites is 1. The van der Waals surface area contributed by atoms with Crippen LogP contribution in [-0.4, -0.2) is 38.7 Å². The zero-order valence-corrected chi connectivity index (χ0v) is 16.1. The Labute approximate surface area is 180 Å². The van der Waals surface area contributed by atoms with Gasteiger partial charge in [0.15, 0.2) is 0 Å². The fourth-order valence-electron chi connectivity index (χ4n) is 3.84. The fraction of sp³-hybridized carbons (Fsp3) is 0. The van der Waals surface area contributed by atoms with Crippen LogP contribution < -0.4 is 16.4 Å². The predicted octanol–water partition coefficient (Wildman–Crippen LogP) is 2.25. The largest absolute Gasteiger partial charge is 0.505 e. The van der Waals surface area contributed by atoms with E-state index in [4.69, 9.17) is 28.0 Å². The third-order valence-corrected chi connectivity index (χ3v) is 5.37. The van der Waals surface area contributed by atoms with E-state index in [9.17, 15) is 10.2 Å². The number of hydrogen-bond donors (Lipinski definition) is 2. The summed E-state index contributed by atoms with van der Waals surface area (Å²) in [4.78, 5) is 4.38. The van der Waals surface area contributed by atoms with Crippen LogP contribution in [0.3, 0.4) is 0 Å². The molecule has 3 aromatic carbocycles. The number of pyridine rings is 1. The highest BCUT2D eigenvalue weighted by Gasteiger charge is 2.24. The Morgan fingerprint density at radius 1 is 0.742 bits per heavy atom. The van der Waals surface area contributed by atoms with Crippen molar-refractivity contribution < 1.29 is 19.0 Å². The highest BCUT2D eigenvalue weighted by atomic mass is 19.1. The first-order valence-corrected chi connectivity index (χ1v) is 9.34. The van der Waals surface area contributed by atoms with Crippen LogP contribution in [0.25, 0.3) is 44.3 Å². The van der Waals surface area contributed by atoms with E-state index in [0.29, 0.717) is 16.7 Å². The molecule has 2 aromatic heterocycles. The van der Waals surface area contributed by atoms with Crippen LogP contribution in [0.15, 0.2) is 59.1 Å². The Morgan fingerprint density at radius 2 is 1.48 bits per heavy atom. The molecule has 0 saturated carbocycles. The minimum atomic E-state index is -0.677. The molecule has 0 aliphatic rings. The lowest BCUT2D eigenvalue weighted by Gasteiger charge is -2.18. The number of phenolic OH excluding ortho intramolecular Hbond substituents is 2. The van der Waals surface area contributed by atoms with E-state index >= 15 is 4.39 Å². The summed E-state index contributed by atoms with van der Waals surface area (Å²) in [6.07, 6.45) is 1.67. The topological polar surface area (TPSA) is 66.5 Å². The molecule has 0 spiro atoms. The normalized spacial score (nSPS) is 11.4.